The van der Waals surface area contributed by atoms with Crippen molar-refractivity contribution in [1.29, 1.82) is 0 Å². The molecular weight excluding hydrogens is 371 g/mol. The molecule has 1 N–H and O–H groups in total. The van der Waals surface area contributed by atoms with Gasteiger partial charge in [0.05, 0.1) is 0 Å². The molecule has 154 valence electrons. The minimum absolute atomic E-state index is 0.238. The van der Waals surface area contributed by atoms with Crippen LogP contribution in [0.25, 0.3) is 0 Å². The summed E-state index contributed by atoms with van der Waals surface area (Å²) >= 11 is 0. The van der Waals surface area contributed by atoms with Crippen LogP contribution < -0.4 is 15.9 Å². The van der Waals surface area contributed by atoms with Crippen LogP contribution in [0.1, 0.15) is 43.9 Å². The molecule has 29 heavy (non-hydrogen) atoms. The standard InChI is InChI=1S/C27H35OP/c1-4-22-8-14-25(15-9-22)29(21-7-20-28,26-16-10-23(5-2)11-17-26)27-18-12-24(6-3)13-19-27/h8-19,28-29H,4-7,20-21H2,1-3H3. The zero-order valence-electron chi connectivity index (χ0n) is 18.1. The summed E-state index contributed by atoms with van der Waals surface area (Å²) in [6, 6.07) is 27.8. The van der Waals surface area contributed by atoms with E-state index in [2.05, 4.69) is 93.6 Å². The number of aliphatic hydroxyl groups excluding tert-OH is 1. The van der Waals surface area contributed by atoms with Gasteiger partial charge < -0.3 is 0 Å². The fourth-order valence-corrected chi connectivity index (χ4v) is 9.11. The summed E-state index contributed by atoms with van der Waals surface area (Å²) in [7, 11) is -2.21. The van der Waals surface area contributed by atoms with Gasteiger partial charge in [0.1, 0.15) is 0 Å². The number of benzene rings is 3. The summed E-state index contributed by atoms with van der Waals surface area (Å²) in [5, 5.41) is 14.1. The Bertz CT molecular complexity index is 764. The summed E-state index contributed by atoms with van der Waals surface area (Å²) in [5.74, 6) is 0. The third-order valence-electron chi connectivity index (χ3n) is 6.27. The van der Waals surface area contributed by atoms with Crippen molar-refractivity contribution in [3.05, 3.63) is 89.5 Å². The molecule has 0 aliphatic carbocycles. The van der Waals surface area contributed by atoms with Crippen LogP contribution in [0.4, 0.5) is 0 Å². The normalized spacial score (nSPS) is 12.1. The molecule has 0 atom stereocenters. The van der Waals surface area contributed by atoms with Crippen molar-refractivity contribution in [2.45, 2.75) is 46.5 Å². The first-order valence-corrected chi connectivity index (χ1v) is 13.3. The van der Waals surface area contributed by atoms with Crippen LogP contribution in [0.15, 0.2) is 72.8 Å². The number of hydrogen-bond acceptors (Lipinski definition) is 1. The van der Waals surface area contributed by atoms with E-state index in [0.29, 0.717) is 0 Å². The van der Waals surface area contributed by atoms with E-state index in [-0.39, 0.29) is 6.61 Å². The molecule has 3 aromatic rings. The van der Waals surface area contributed by atoms with E-state index in [0.717, 1.165) is 31.8 Å². The van der Waals surface area contributed by atoms with Gasteiger partial charge in [-0.3, -0.25) is 0 Å². The maximum absolute atomic E-state index is 9.74. The molecular formula is C27H35OP. The van der Waals surface area contributed by atoms with E-state index in [9.17, 15) is 5.11 Å². The van der Waals surface area contributed by atoms with Crippen molar-refractivity contribution in [1.82, 2.24) is 0 Å². The first-order valence-electron chi connectivity index (χ1n) is 11.1. The average molecular weight is 407 g/mol. The van der Waals surface area contributed by atoms with Crippen LogP contribution in [0.5, 0.6) is 0 Å². The van der Waals surface area contributed by atoms with Gasteiger partial charge >= 0.3 is 177 Å². The predicted octanol–water partition coefficient (Wildman–Crippen LogP) is 4.78. The molecule has 0 saturated heterocycles. The maximum atomic E-state index is 9.74. The van der Waals surface area contributed by atoms with Crippen molar-refractivity contribution in [2.24, 2.45) is 0 Å². The Labute approximate surface area is 177 Å². The second-order valence-corrected chi connectivity index (χ2v) is 11.9. The Morgan fingerprint density at radius 1 is 0.552 bits per heavy atom. The fourth-order valence-electron chi connectivity index (χ4n) is 4.35. The molecule has 3 rings (SSSR count). The second kappa shape index (κ2) is 10.2. The molecule has 0 heterocycles. The van der Waals surface area contributed by atoms with Gasteiger partial charge in [-0.25, -0.2) is 0 Å². The molecule has 3 aromatic carbocycles. The summed E-state index contributed by atoms with van der Waals surface area (Å²) in [6.45, 7) is 6.86. The Balaban J connectivity index is 2.23. The zero-order chi connectivity index (χ0) is 20.7. The number of aliphatic hydroxyl groups is 1. The van der Waals surface area contributed by atoms with Crippen LogP contribution >= 0.6 is 7.26 Å². The average Bonchev–Trinajstić information content (AvgIpc) is 2.80. The molecule has 0 spiro atoms. The molecule has 0 amide bonds. The molecule has 1 nitrogen and oxygen atoms in total. The monoisotopic (exact) mass is 406 g/mol. The SMILES string of the molecule is CCc1ccc([PH](CCCO)(c2ccc(CC)cc2)c2ccc(CC)cc2)cc1. The van der Waals surface area contributed by atoms with Gasteiger partial charge in [0.15, 0.2) is 0 Å². The van der Waals surface area contributed by atoms with Crippen LogP contribution in [-0.4, -0.2) is 17.9 Å². The summed E-state index contributed by atoms with van der Waals surface area (Å²) in [4.78, 5) is 0. The van der Waals surface area contributed by atoms with E-state index < -0.39 is 7.26 Å². The van der Waals surface area contributed by atoms with E-state index in [1.165, 1.54) is 32.6 Å². The third-order valence-corrected chi connectivity index (χ3v) is 11.3. The molecule has 0 aliphatic rings. The number of hydrogen-bond donors (Lipinski definition) is 1. The Hall–Kier alpha value is -1.95. The fraction of sp³-hybridized carbons (Fsp3) is 0.333. The predicted molar refractivity (Wildman–Crippen MR) is 131 cm³/mol. The Morgan fingerprint density at radius 3 is 1.10 bits per heavy atom. The van der Waals surface area contributed by atoms with Gasteiger partial charge in [-0.1, -0.05) is 0 Å². The van der Waals surface area contributed by atoms with E-state index in [1.54, 1.807) is 0 Å². The van der Waals surface area contributed by atoms with Crippen LogP contribution in [0.2, 0.25) is 0 Å². The quantitative estimate of drug-likeness (QED) is 0.507. The molecule has 0 bridgehead atoms. The van der Waals surface area contributed by atoms with Crippen molar-refractivity contribution in [3.63, 3.8) is 0 Å². The molecule has 0 saturated carbocycles. The molecule has 0 aromatic heterocycles. The third kappa shape index (κ3) is 4.63. The molecule has 0 aliphatic heterocycles. The zero-order valence-corrected chi connectivity index (χ0v) is 19.1. The van der Waals surface area contributed by atoms with E-state index >= 15 is 0 Å². The molecule has 0 unspecified atom stereocenters. The Kier molecular flexibility index (Phi) is 7.64. The van der Waals surface area contributed by atoms with Gasteiger partial charge in [-0.2, -0.15) is 0 Å². The van der Waals surface area contributed by atoms with E-state index in [1.807, 2.05) is 0 Å². The van der Waals surface area contributed by atoms with Crippen molar-refractivity contribution in [2.75, 3.05) is 12.8 Å². The topological polar surface area (TPSA) is 20.2 Å². The van der Waals surface area contributed by atoms with Gasteiger partial charge in [-0.05, 0) is 0 Å². The van der Waals surface area contributed by atoms with Crippen molar-refractivity contribution >= 4 is 23.2 Å². The second-order valence-electron chi connectivity index (χ2n) is 7.88. The molecule has 2 heteroatoms. The first-order chi connectivity index (χ1) is 14.2. The summed E-state index contributed by atoms with van der Waals surface area (Å²) in [6.07, 6.45) is 5.02. The van der Waals surface area contributed by atoms with Crippen molar-refractivity contribution in [3.8, 4) is 0 Å². The molecule has 0 radical (unpaired) electrons. The van der Waals surface area contributed by atoms with Gasteiger partial charge in [0.2, 0.25) is 0 Å². The van der Waals surface area contributed by atoms with Crippen molar-refractivity contribution < 1.29 is 5.11 Å². The number of rotatable bonds is 9. The first kappa shape index (κ1) is 21.8. The van der Waals surface area contributed by atoms with Gasteiger partial charge in [-0.15, -0.1) is 0 Å². The van der Waals surface area contributed by atoms with Gasteiger partial charge in [0.25, 0.3) is 0 Å². The van der Waals surface area contributed by atoms with Crippen LogP contribution in [0.3, 0.4) is 0 Å². The Morgan fingerprint density at radius 2 is 0.862 bits per heavy atom. The van der Waals surface area contributed by atoms with E-state index in [4.69, 9.17) is 0 Å². The van der Waals surface area contributed by atoms with Gasteiger partial charge in [0, 0.05) is 0 Å². The number of aryl methyl sites for hydroxylation is 3. The van der Waals surface area contributed by atoms with Crippen LogP contribution in [0, 0.1) is 0 Å². The minimum atomic E-state index is -2.21. The molecule has 0 fully saturated rings. The van der Waals surface area contributed by atoms with Crippen LogP contribution in [-0.2, 0) is 19.3 Å². The summed E-state index contributed by atoms with van der Waals surface area (Å²) < 4.78 is 0. The summed E-state index contributed by atoms with van der Waals surface area (Å²) in [5.41, 5.74) is 4.13.